The predicted octanol–water partition coefficient (Wildman–Crippen LogP) is 2.38. The van der Waals surface area contributed by atoms with Gasteiger partial charge in [-0.1, -0.05) is 30.3 Å². The van der Waals surface area contributed by atoms with Crippen LogP contribution in [0.15, 0.2) is 36.4 Å². The van der Waals surface area contributed by atoms with Crippen LogP contribution >= 0.6 is 0 Å². The molecular weight excluding hydrogens is 214 g/mol. The molecule has 3 rings (SSSR count). The molecule has 1 fully saturated rings. The minimum atomic E-state index is 0.352. The fourth-order valence-electron chi connectivity index (χ4n) is 2.36. The molecule has 0 amide bonds. The molecule has 0 spiro atoms. The van der Waals surface area contributed by atoms with Crippen LogP contribution in [0.5, 0.6) is 5.75 Å². The second-order valence-corrected chi connectivity index (χ2v) is 4.25. The Hall–Kier alpha value is -1.74. The lowest BCUT2D eigenvalue weighted by Crippen LogP contribution is -2.36. The van der Waals surface area contributed by atoms with E-state index >= 15 is 0 Å². The third kappa shape index (κ3) is 1.83. The minimum absolute atomic E-state index is 0.352. The van der Waals surface area contributed by atoms with Crippen LogP contribution in [-0.4, -0.2) is 31.4 Å². The van der Waals surface area contributed by atoms with Crippen molar-refractivity contribution in [2.75, 3.05) is 31.2 Å². The number of anilines is 1. The van der Waals surface area contributed by atoms with Gasteiger partial charge in [0.05, 0.1) is 18.9 Å². The number of benzene rings is 2. The number of aromatic hydroxyl groups is 1. The number of hydrogen-bond donors (Lipinski definition) is 1. The molecule has 0 aliphatic carbocycles. The Kier molecular flexibility index (Phi) is 2.61. The molecule has 2 aromatic rings. The SMILES string of the molecule is Oc1ccc2ccccc2c1N1CCOCC1. The van der Waals surface area contributed by atoms with E-state index in [1.807, 2.05) is 18.2 Å². The van der Waals surface area contributed by atoms with Gasteiger partial charge in [0.15, 0.2) is 0 Å². The maximum absolute atomic E-state index is 10.1. The first-order chi connectivity index (χ1) is 8.36. The predicted molar refractivity (Wildman–Crippen MR) is 68.6 cm³/mol. The third-order valence-electron chi connectivity index (χ3n) is 3.21. The lowest BCUT2D eigenvalue weighted by Gasteiger charge is -2.30. The molecule has 1 N–H and O–H groups in total. The van der Waals surface area contributed by atoms with Crippen LogP contribution in [0.3, 0.4) is 0 Å². The highest BCUT2D eigenvalue weighted by Crippen LogP contribution is 2.35. The molecule has 0 radical (unpaired) electrons. The van der Waals surface area contributed by atoms with E-state index in [2.05, 4.69) is 17.0 Å². The van der Waals surface area contributed by atoms with E-state index in [0.717, 1.165) is 42.8 Å². The number of nitrogens with zero attached hydrogens (tertiary/aromatic N) is 1. The summed E-state index contributed by atoms with van der Waals surface area (Å²) in [5.41, 5.74) is 0.936. The molecule has 1 heterocycles. The number of morpholine rings is 1. The number of rotatable bonds is 1. The Bertz CT molecular complexity index is 533. The van der Waals surface area contributed by atoms with Crippen molar-refractivity contribution >= 4 is 16.5 Å². The molecule has 1 saturated heterocycles. The maximum Gasteiger partial charge on any atom is 0.139 e. The Labute approximate surface area is 100 Å². The average molecular weight is 229 g/mol. The quantitative estimate of drug-likeness (QED) is 0.815. The Morgan fingerprint density at radius 2 is 1.76 bits per heavy atom. The van der Waals surface area contributed by atoms with Gasteiger partial charge in [0.1, 0.15) is 5.75 Å². The molecule has 2 aromatic carbocycles. The second-order valence-electron chi connectivity index (χ2n) is 4.25. The summed E-state index contributed by atoms with van der Waals surface area (Å²) in [6, 6.07) is 11.9. The van der Waals surface area contributed by atoms with Gasteiger partial charge in [-0.25, -0.2) is 0 Å². The summed E-state index contributed by atoms with van der Waals surface area (Å²) in [6.45, 7) is 3.12. The summed E-state index contributed by atoms with van der Waals surface area (Å²) in [5, 5.41) is 12.3. The third-order valence-corrected chi connectivity index (χ3v) is 3.21. The van der Waals surface area contributed by atoms with Crippen LogP contribution in [-0.2, 0) is 4.74 Å². The van der Waals surface area contributed by atoms with Gasteiger partial charge in [-0.15, -0.1) is 0 Å². The van der Waals surface area contributed by atoms with Gasteiger partial charge in [-0.3, -0.25) is 0 Å². The summed E-state index contributed by atoms with van der Waals surface area (Å²) < 4.78 is 5.35. The van der Waals surface area contributed by atoms with Crippen molar-refractivity contribution in [3.05, 3.63) is 36.4 Å². The first-order valence-corrected chi connectivity index (χ1v) is 5.90. The van der Waals surface area contributed by atoms with Crippen LogP contribution in [0.2, 0.25) is 0 Å². The van der Waals surface area contributed by atoms with E-state index < -0.39 is 0 Å². The molecule has 1 aliphatic heterocycles. The molecule has 0 aromatic heterocycles. The monoisotopic (exact) mass is 229 g/mol. The summed E-state index contributed by atoms with van der Waals surface area (Å²) in [4.78, 5) is 2.20. The average Bonchev–Trinajstić information content (AvgIpc) is 2.39. The van der Waals surface area contributed by atoms with Crippen molar-refractivity contribution in [1.29, 1.82) is 0 Å². The van der Waals surface area contributed by atoms with E-state index in [-0.39, 0.29) is 0 Å². The Morgan fingerprint density at radius 3 is 2.59 bits per heavy atom. The summed E-state index contributed by atoms with van der Waals surface area (Å²) >= 11 is 0. The fourth-order valence-corrected chi connectivity index (χ4v) is 2.36. The Morgan fingerprint density at radius 1 is 1.00 bits per heavy atom. The van der Waals surface area contributed by atoms with Crippen molar-refractivity contribution in [2.24, 2.45) is 0 Å². The fraction of sp³-hybridized carbons (Fsp3) is 0.286. The van der Waals surface area contributed by atoms with Gasteiger partial charge in [-0.2, -0.15) is 0 Å². The molecule has 0 bridgehead atoms. The molecule has 1 aliphatic rings. The number of ether oxygens (including phenoxy) is 1. The lowest BCUT2D eigenvalue weighted by molar-refractivity contribution is 0.122. The van der Waals surface area contributed by atoms with Gasteiger partial charge < -0.3 is 14.7 Å². The van der Waals surface area contributed by atoms with Gasteiger partial charge in [0, 0.05) is 18.5 Å². The molecule has 0 saturated carbocycles. The van der Waals surface area contributed by atoms with E-state index in [1.165, 1.54) is 0 Å². The lowest BCUT2D eigenvalue weighted by atomic mass is 10.1. The van der Waals surface area contributed by atoms with Gasteiger partial charge >= 0.3 is 0 Å². The van der Waals surface area contributed by atoms with Crippen LogP contribution in [0.1, 0.15) is 0 Å². The highest BCUT2D eigenvalue weighted by atomic mass is 16.5. The molecule has 17 heavy (non-hydrogen) atoms. The Balaban J connectivity index is 2.15. The van der Waals surface area contributed by atoms with Crippen molar-refractivity contribution in [1.82, 2.24) is 0 Å². The standard InChI is InChI=1S/C14H15NO2/c16-13-6-5-11-3-1-2-4-12(11)14(13)15-7-9-17-10-8-15/h1-6,16H,7-10H2. The van der Waals surface area contributed by atoms with Gasteiger partial charge in [-0.05, 0) is 11.5 Å². The van der Waals surface area contributed by atoms with E-state index in [0.29, 0.717) is 5.75 Å². The minimum Gasteiger partial charge on any atom is -0.506 e. The first-order valence-electron chi connectivity index (χ1n) is 5.90. The summed E-state index contributed by atoms with van der Waals surface area (Å²) in [7, 11) is 0. The van der Waals surface area contributed by atoms with Gasteiger partial charge in [0.25, 0.3) is 0 Å². The highest BCUT2D eigenvalue weighted by molar-refractivity contribution is 5.97. The highest BCUT2D eigenvalue weighted by Gasteiger charge is 2.17. The zero-order valence-corrected chi connectivity index (χ0v) is 9.60. The number of hydrogen-bond acceptors (Lipinski definition) is 3. The van der Waals surface area contributed by atoms with Crippen LogP contribution < -0.4 is 4.90 Å². The normalized spacial score (nSPS) is 16.4. The van der Waals surface area contributed by atoms with Crippen molar-refractivity contribution in [3.63, 3.8) is 0 Å². The van der Waals surface area contributed by atoms with Crippen LogP contribution in [0, 0.1) is 0 Å². The summed E-state index contributed by atoms with van der Waals surface area (Å²) in [6.07, 6.45) is 0. The van der Waals surface area contributed by atoms with Crippen LogP contribution in [0.25, 0.3) is 10.8 Å². The molecule has 88 valence electrons. The topological polar surface area (TPSA) is 32.7 Å². The van der Waals surface area contributed by atoms with Crippen molar-refractivity contribution < 1.29 is 9.84 Å². The molecular formula is C14H15NO2. The second kappa shape index (κ2) is 4.26. The molecule has 0 unspecified atom stereocenters. The summed E-state index contributed by atoms with van der Waals surface area (Å²) in [5.74, 6) is 0.352. The largest absolute Gasteiger partial charge is 0.506 e. The zero-order valence-electron chi connectivity index (χ0n) is 9.60. The smallest absolute Gasteiger partial charge is 0.139 e. The zero-order chi connectivity index (χ0) is 11.7. The molecule has 0 atom stereocenters. The number of phenols is 1. The number of phenolic OH excluding ortho intramolecular Hbond substituents is 1. The van der Waals surface area contributed by atoms with E-state index in [4.69, 9.17) is 4.74 Å². The van der Waals surface area contributed by atoms with Crippen molar-refractivity contribution in [2.45, 2.75) is 0 Å². The van der Waals surface area contributed by atoms with E-state index in [1.54, 1.807) is 6.07 Å². The van der Waals surface area contributed by atoms with E-state index in [9.17, 15) is 5.11 Å². The van der Waals surface area contributed by atoms with Gasteiger partial charge in [0.2, 0.25) is 0 Å². The molecule has 3 nitrogen and oxygen atoms in total. The van der Waals surface area contributed by atoms with Crippen LogP contribution in [0.4, 0.5) is 5.69 Å². The first kappa shape index (κ1) is 10.4. The molecule has 3 heteroatoms. The number of fused-ring (bicyclic) bond motifs is 1. The maximum atomic E-state index is 10.1. The van der Waals surface area contributed by atoms with Crippen molar-refractivity contribution in [3.8, 4) is 5.75 Å².